The molecular weight excluding hydrogens is 382 g/mol. The molecule has 2 fully saturated rings. The number of hydrogen-bond donors (Lipinski definition) is 0. The van der Waals surface area contributed by atoms with Crippen LogP contribution in [0.1, 0.15) is 72.5 Å². The lowest BCUT2D eigenvalue weighted by atomic mass is 9.94. The van der Waals surface area contributed by atoms with Crippen LogP contribution in [0.2, 0.25) is 0 Å². The van der Waals surface area contributed by atoms with Gasteiger partial charge in [0.25, 0.3) is 0 Å². The predicted molar refractivity (Wildman–Crippen MR) is 125 cm³/mol. The van der Waals surface area contributed by atoms with Crippen molar-refractivity contribution >= 4 is 16.9 Å². The van der Waals surface area contributed by atoms with Gasteiger partial charge in [0, 0.05) is 31.5 Å². The van der Waals surface area contributed by atoms with E-state index in [-0.39, 0.29) is 5.92 Å². The van der Waals surface area contributed by atoms with Crippen molar-refractivity contribution in [2.75, 3.05) is 6.54 Å². The molecule has 4 heteroatoms. The summed E-state index contributed by atoms with van der Waals surface area (Å²) in [6, 6.07) is 13.4. The number of fused-ring (bicyclic) bond motifs is 1. The van der Waals surface area contributed by atoms with Crippen LogP contribution in [-0.4, -0.2) is 32.9 Å². The summed E-state index contributed by atoms with van der Waals surface area (Å²) in [7, 11) is 0. The molecule has 0 radical (unpaired) electrons. The normalized spacial score (nSPS) is 20.2. The first-order chi connectivity index (χ1) is 15.0. The Hall–Kier alpha value is -2.62. The van der Waals surface area contributed by atoms with E-state index in [9.17, 15) is 4.79 Å². The van der Waals surface area contributed by atoms with E-state index in [0.717, 1.165) is 37.3 Å². The van der Waals surface area contributed by atoms with Gasteiger partial charge in [0.15, 0.2) is 0 Å². The zero-order chi connectivity index (χ0) is 21.5. The van der Waals surface area contributed by atoms with E-state index in [0.29, 0.717) is 18.4 Å². The summed E-state index contributed by atoms with van der Waals surface area (Å²) in [5.41, 5.74) is 7.52. The standard InChI is InChI=1S/C27H33N3O/c1-18-13-19(2)23(20(3)14-18)17-30-25-12-8-7-11-24(25)28-27(30)21-15-26(31)29(16-21)22-9-5-4-6-10-22/h7-8,11-14,21-22H,4-6,9-10,15-17H2,1-3H3. The van der Waals surface area contributed by atoms with Gasteiger partial charge in [0.2, 0.25) is 5.91 Å². The van der Waals surface area contributed by atoms with Crippen LogP contribution < -0.4 is 0 Å². The maximum absolute atomic E-state index is 13.0. The van der Waals surface area contributed by atoms with Gasteiger partial charge < -0.3 is 9.47 Å². The number of rotatable bonds is 4. The quantitative estimate of drug-likeness (QED) is 0.551. The highest BCUT2D eigenvalue weighted by Crippen LogP contribution is 2.35. The van der Waals surface area contributed by atoms with Crippen molar-refractivity contribution in [1.82, 2.24) is 14.5 Å². The lowest BCUT2D eigenvalue weighted by molar-refractivity contribution is -0.130. The van der Waals surface area contributed by atoms with Gasteiger partial charge in [-0.3, -0.25) is 4.79 Å². The van der Waals surface area contributed by atoms with Crippen LogP contribution in [0, 0.1) is 20.8 Å². The minimum absolute atomic E-state index is 0.174. The van der Waals surface area contributed by atoms with E-state index < -0.39 is 0 Å². The van der Waals surface area contributed by atoms with Gasteiger partial charge in [-0.1, -0.05) is 49.1 Å². The van der Waals surface area contributed by atoms with Crippen LogP contribution in [-0.2, 0) is 11.3 Å². The zero-order valence-electron chi connectivity index (χ0n) is 19.0. The van der Waals surface area contributed by atoms with Crippen LogP contribution >= 0.6 is 0 Å². The van der Waals surface area contributed by atoms with Crippen LogP contribution in [0.4, 0.5) is 0 Å². The molecule has 2 aliphatic rings. The Kier molecular flexibility index (Phi) is 5.33. The predicted octanol–water partition coefficient (Wildman–Crippen LogP) is 5.66. The van der Waals surface area contributed by atoms with Crippen LogP contribution in [0.3, 0.4) is 0 Å². The fourth-order valence-electron chi connectivity index (χ4n) is 5.84. The van der Waals surface area contributed by atoms with Crippen LogP contribution in [0.5, 0.6) is 0 Å². The first kappa shape index (κ1) is 20.3. The third kappa shape index (κ3) is 3.77. The minimum atomic E-state index is 0.174. The lowest BCUT2D eigenvalue weighted by Gasteiger charge is -2.31. The van der Waals surface area contributed by atoms with Crippen LogP contribution in [0.15, 0.2) is 36.4 Å². The number of aryl methyl sites for hydroxylation is 3. The lowest BCUT2D eigenvalue weighted by Crippen LogP contribution is -2.37. The van der Waals surface area contributed by atoms with Crippen molar-refractivity contribution in [3.63, 3.8) is 0 Å². The van der Waals surface area contributed by atoms with Gasteiger partial charge in [0.1, 0.15) is 5.82 Å². The highest BCUT2D eigenvalue weighted by molar-refractivity contribution is 5.81. The molecule has 0 spiro atoms. The third-order valence-corrected chi connectivity index (χ3v) is 7.38. The fraction of sp³-hybridized carbons (Fsp3) is 0.481. The van der Waals surface area contributed by atoms with E-state index in [2.05, 4.69) is 66.6 Å². The van der Waals surface area contributed by atoms with Crippen molar-refractivity contribution < 1.29 is 4.79 Å². The molecule has 2 aromatic carbocycles. The largest absolute Gasteiger partial charge is 0.339 e. The van der Waals surface area contributed by atoms with Crippen molar-refractivity contribution in [3.05, 3.63) is 64.5 Å². The summed E-state index contributed by atoms with van der Waals surface area (Å²) in [4.78, 5) is 20.2. The molecule has 4 nitrogen and oxygen atoms in total. The smallest absolute Gasteiger partial charge is 0.223 e. The van der Waals surface area contributed by atoms with Gasteiger partial charge in [-0.05, 0) is 62.4 Å². The van der Waals surface area contributed by atoms with Gasteiger partial charge in [-0.25, -0.2) is 4.98 Å². The molecule has 162 valence electrons. The molecular formula is C27H33N3O. The van der Waals surface area contributed by atoms with Crippen molar-refractivity contribution in [3.8, 4) is 0 Å². The Morgan fingerprint density at radius 1 is 1.00 bits per heavy atom. The summed E-state index contributed by atoms with van der Waals surface area (Å²) >= 11 is 0. The second-order valence-corrected chi connectivity index (χ2v) is 9.66. The SMILES string of the molecule is Cc1cc(C)c(Cn2c(C3CC(=O)N(C4CCCCC4)C3)nc3ccccc32)c(C)c1. The number of amides is 1. The van der Waals surface area contributed by atoms with Crippen molar-refractivity contribution in [1.29, 1.82) is 0 Å². The Bertz CT molecular complexity index is 1100. The summed E-state index contributed by atoms with van der Waals surface area (Å²) in [5, 5.41) is 0. The van der Waals surface area contributed by atoms with E-state index in [4.69, 9.17) is 4.98 Å². The molecule has 1 atom stereocenters. The highest BCUT2D eigenvalue weighted by Gasteiger charge is 2.37. The van der Waals surface area contributed by atoms with Crippen molar-refractivity contribution in [2.45, 2.75) is 77.8 Å². The molecule has 1 saturated heterocycles. The molecule has 31 heavy (non-hydrogen) atoms. The Morgan fingerprint density at radius 3 is 2.45 bits per heavy atom. The number of para-hydroxylation sites is 2. The Balaban J connectivity index is 1.52. The summed E-state index contributed by atoms with van der Waals surface area (Å²) in [5.74, 6) is 1.57. The summed E-state index contributed by atoms with van der Waals surface area (Å²) in [6.07, 6.45) is 6.74. The number of carbonyl (C=O) groups excluding carboxylic acids is 1. The monoisotopic (exact) mass is 415 g/mol. The number of benzene rings is 2. The Morgan fingerprint density at radius 2 is 1.71 bits per heavy atom. The Labute approximate surface area is 185 Å². The number of nitrogens with zero attached hydrogens (tertiary/aromatic N) is 3. The number of carbonyl (C=O) groups is 1. The zero-order valence-corrected chi connectivity index (χ0v) is 19.0. The first-order valence-corrected chi connectivity index (χ1v) is 11.8. The molecule has 1 unspecified atom stereocenters. The average Bonchev–Trinajstić information content (AvgIpc) is 3.32. The van der Waals surface area contributed by atoms with E-state index in [1.807, 2.05) is 0 Å². The fourth-order valence-corrected chi connectivity index (χ4v) is 5.84. The first-order valence-electron chi connectivity index (χ1n) is 11.8. The van der Waals surface area contributed by atoms with Gasteiger partial charge in [-0.15, -0.1) is 0 Å². The number of likely N-dealkylation sites (tertiary alicyclic amines) is 1. The van der Waals surface area contributed by atoms with E-state index >= 15 is 0 Å². The second-order valence-electron chi connectivity index (χ2n) is 9.66. The maximum Gasteiger partial charge on any atom is 0.223 e. The maximum atomic E-state index is 13.0. The molecule has 0 bridgehead atoms. The highest BCUT2D eigenvalue weighted by atomic mass is 16.2. The number of hydrogen-bond acceptors (Lipinski definition) is 2. The van der Waals surface area contributed by atoms with E-state index in [1.54, 1.807) is 0 Å². The molecule has 1 aromatic heterocycles. The molecule has 0 N–H and O–H groups in total. The molecule has 5 rings (SSSR count). The second kappa shape index (κ2) is 8.14. The third-order valence-electron chi connectivity index (χ3n) is 7.38. The minimum Gasteiger partial charge on any atom is -0.339 e. The average molecular weight is 416 g/mol. The molecule has 1 amide bonds. The van der Waals surface area contributed by atoms with Gasteiger partial charge in [-0.2, -0.15) is 0 Å². The topological polar surface area (TPSA) is 38.1 Å². The van der Waals surface area contributed by atoms with E-state index in [1.165, 1.54) is 47.0 Å². The summed E-state index contributed by atoms with van der Waals surface area (Å²) < 4.78 is 2.38. The molecule has 1 saturated carbocycles. The molecule has 1 aliphatic heterocycles. The van der Waals surface area contributed by atoms with Crippen molar-refractivity contribution in [2.24, 2.45) is 0 Å². The number of imidazole rings is 1. The molecule has 3 aromatic rings. The molecule has 2 heterocycles. The molecule has 1 aliphatic carbocycles. The number of aromatic nitrogens is 2. The van der Waals surface area contributed by atoms with Gasteiger partial charge >= 0.3 is 0 Å². The van der Waals surface area contributed by atoms with Crippen LogP contribution in [0.25, 0.3) is 11.0 Å². The summed E-state index contributed by atoms with van der Waals surface area (Å²) in [6.45, 7) is 8.20. The van der Waals surface area contributed by atoms with Gasteiger partial charge in [0.05, 0.1) is 11.0 Å².